The lowest BCUT2D eigenvalue weighted by Gasteiger charge is -2.21. The molecule has 0 saturated carbocycles. The van der Waals surface area contributed by atoms with E-state index in [2.05, 4.69) is 0 Å². The van der Waals surface area contributed by atoms with E-state index in [1.165, 1.54) is 28.4 Å². The van der Waals surface area contributed by atoms with Gasteiger partial charge in [0.15, 0.2) is 5.75 Å². The van der Waals surface area contributed by atoms with E-state index in [4.69, 9.17) is 22.1 Å². The first-order valence-corrected chi connectivity index (χ1v) is 8.85. The molecule has 2 rings (SSSR count). The van der Waals surface area contributed by atoms with Gasteiger partial charge >= 0.3 is 0 Å². The molecular formula is C14H21Cl2N3O4S. The maximum absolute atomic E-state index is 12.9. The summed E-state index contributed by atoms with van der Waals surface area (Å²) in [5.74, 6) is -0.396. The van der Waals surface area contributed by atoms with Gasteiger partial charge in [0.2, 0.25) is 10.0 Å². The summed E-state index contributed by atoms with van der Waals surface area (Å²) < 4.78 is 32.2. The summed E-state index contributed by atoms with van der Waals surface area (Å²) in [5.41, 5.74) is 5.90. The number of carbonyl (C=O) groups is 1. The second kappa shape index (κ2) is 7.88. The number of amides is 1. The Morgan fingerprint density at radius 2 is 2.04 bits per heavy atom. The second-order valence-corrected chi connectivity index (χ2v) is 7.94. The van der Waals surface area contributed by atoms with Gasteiger partial charge in [0.1, 0.15) is 4.90 Å². The van der Waals surface area contributed by atoms with Gasteiger partial charge in [0.05, 0.1) is 12.7 Å². The van der Waals surface area contributed by atoms with Crippen LogP contribution in [0.3, 0.4) is 0 Å². The minimum atomic E-state index is -3.85. The van der Waals surface area contributed by atoms with E-state index in [-0.39, 0.29) is 52.1 Å². The predicted molar refractivity (Wildman–Crippen MR) is 94.6 cm³/mol. The minimum Gasteiger partial charge on any atom is -0.494 e. The average Bonchev–Trinajstić information content (AvgIpc) is 2.92. The molecule has 0 aliphatic carbocycles. The number of rotatable bonds is 4. The van der Waals surface area contributed by atoms with Crippen LogP contribution in [0.5, 0.6) is 5.75 Å². The van der Waals surface area contributed by atoms with Gasteiger partial charge in [-0.1, -0.05) is 11.6 Å². The van der Waals surface area contributed by atoms with E-state index in [1.807, 2.05) is 0 Å². The van der Waals surface area contributed by atoms with Crippen LogP contribution in [-0.4, -0.2) is 63.9 Å². The SMILES string of the molecule is COc1c(C(=O)N(C)C)cc(Cl)cc1S(=O)(=O)N1CC[C@H](N)C1.Cl. The lowest BCUT2D eigenvalue weighted by Crippen LogP contribution is -2.32. The fraction of sp³-hybridized carbons (Fsp3) is 0.500. The first-order chi connectivity index (χ1) is 10.7. The van der Waals surface area contributed by atoms with Crippen LogP contribution in [0.2, 0.25) is 5.02 Å². The highest BCUT2D eigenvalue weighted by atomic mass is 35.5. The van der Waals surface area contributed by atoms with Crippen LogP contribution >= 0.6 is 24.0 Å². The van der Waals surface area contributed by atoms with Gasteiger partial charge in [-0.15, -0.1) is 12.4 Å². The number of benzene rings is 1. The number of methoxy groups -OCH3 is 1. The van der Waals surface area contributed by atoms with E-state index < -0.39 is 10.0 Å². The van der Waals surface area contributed by atoms with Crippen LogP contribution < -0.4 is 10.5 Å². The van der Waals surface area contributed by atoms with Crippen molar-refractivity contribution in [2.24, 2.45) is 5.73 Å². The number of nitrogens with two attached hydrogens (primary N) is 1. The molecule has 0 aromatic heterocycles. The zero-order chi connectivity index (χ0) is 17.4. The first-order valence-electron chi connectivity index (χ1n) is 7.03. The van der Waals surface area contributed by atoms with Gasteiger partial charge in [-0.3, -0.25) is 4.79 Å². The van der Waals surface area contributed by atoms with Gasteiger partial charge < -0.3 is 15.4 Å². The summed E-state index contributed by atoms with van der Waals surface area (Å²) in [6.07, 6.45) is 0.589. The van der Waals surface area contributed by atoms with E-state index in [1.54, 1.807) is 14.1 Å². The Bertz CT molecular complexity index is 725. The average molecular weight is 398 g/mol. The van der Waals surface area contributed by atoms with Crippen LogP contribution in [0, 0.1) is 0 Å². The van der Waals surface area contributed by atoms with Crippen molar-refractivity contribution in [2.45, 2.75) is 17.4 Å². The molecule has 1 aliphatic rings. The Labute approximate surface area is 153 Å². The maximum Gasteiger partial charge on any atom is 0.257 e. The van der Waals surface area contributed by atoms with Gasteiger partial charge in [-0.2, -0.15) is 4.31 Å². The lowest BCUT2D eigenvalue weighted by atomic mass is 10.2. The molecule has 10 heteroatoms. The standard InChI is InChI=1S/C14H20ClN3O4S.ClH/c1-17(2)14(19)11-6-9(15)7-12(13(11)22-3)23(20,21)18-5-4-10(16)8-18;/h6-7,10H,4-5,8,16H2,1-3H3;1H/t10-;/m0./s1. The minimum absolute atomic E-state index is 0. The molecule has 7 nitrogen and oxygen atoms in total. The van der Waals surface area contributed by atoms with E-state index in [9.17, 15) is 13.2 Å². The molecule has 1 aromatic carbocycles. The third kappa shape index (κ3) is 3.94. The summed E-state index contributed by atoms with van der Waals surface area (Å²) in [7, 11) is 0.610. The fourth-order valence-electron chi connectivity index (χ4n) is 2.48. The summed E-state index contributed by atoms with van der Waals surface area (Å²) >= 11 is 6.04. The zero-order valence-electron chi connectivity index (χ0n) is 13.7. The molecule has 1 fully saturated rings. The summed E-state index contributed by atoms with van der Waals surface area (Å²) in [5, 5.41) is 0.151. The largest absolute Gasteiger partial charge is 0.494 e. The van der Waals surface area contributed by atoms with Crippen molar-refractivity contribution in [3.8, 4) is 5.75 Å². The molecular weight excluding hydrogens is 377 g/mol. The number of carbonyl (C=O) groups excluding carboxylic acids is 1. The molecule has 1 amide bonds. The van der Waals surface area contributed by atoms with Crippen LogP contribution in [0.4, 0.5) is 0 Å². The topological polar surface area (TPSA) is 92.9 Å². The predicted octanol–water partition coefficient (Wildman–Crippen LogP) is 1.19. The molecule has 0 bridgehead atoms. The zero-order valence-corrected chi connectivity index (χ0v) is 16.0. The van der Waals surface area contributed by atoms with Crippen molar-refractivity contribution in [3.05, 3.63) is 22.7 Å². The van der Waals surface area contributed by atoms with Crippen molar-refractivity contribution in [3.63, 3.8) is 0 Å². The molecule has 1 atom stereocenters. The molecule has 1 saturated heterocycles. The third-order valence-corrected chi connectivity index (χ3v) is 5.75. The van der Waals surface area contributed by atoms with Crippen molar-refractivity contribution in [1.82, 2.24) is 9.21 Å². The first kappa shape index (κ1) is 21.0. The highest BCUT2D eigenvalue weighted by Crippen LogP contribution is 2.35. The molecule has 0 spiro atoms. The Morgan fingerprint density at radius 3 is 2.50 bits per heavy atom. The van der Waals surface area contributed by atoms with Crippen molar-refractivity contribution in [1.29, 1.82) is 0 Å². The van der Waals surface area contributed by atoms with Gasteiger partial charge in [-0.05, 0) is 18.6 Å². The number of hydrogen-bond acceptors (Lipinski definition) is 5. The second-order valence-electron chi connectivity index (χ2n) is 5.60. The molecule has 0 unspecified atom stereocenters. The lowest BCUT2D eigenvalue weighted by molar-refractivity contribution is 0.0823. The van der Waals surface area contributed by atoms with Crippen molar-refractivity contribution >= 4 is 39.9 Å². The normalized spacial score (nSPS) is 18.1. The summed E-state index contributed by atoms with van der Waals surface area (Å²) in [6.45, 7) is 0.561. The molecule has 1 aliphatic heterocycles. The molecule has 1 aromatic rings. The smallest absolute Gasteiger partial charge is 0.257 e. The summed E-state index contributed by atoms with van der Waals surface area (Å²) in [4.78, 5) is 13.5. The number of hydrogen-bond donors (Lipinski definition) is 1. The number of nitrogens with zero attached hydrogens (tertiary/aromatic N) is 2. The van der Waals surface area contributed by atoms with Crippen molar-refractivity contribution < 1.29 is 17.9 Å². The Kier molecular flexibility index (Phi) is 6.89. The van der Waals surface area contributed by atoms with Crippen molar-refractivity contribution in [2.75, 3.05) is 34.3 Å². The Balaban J connectivity index is 0.00000288. The number of sulfonamides is 1. The molecule has 2 N–H and O–H groups in total. The summed E-state index contributed by atoms with van der Waals surface area (Å²) in [6, 6.07) is 2.50. The number of halogens is 2. The molecule has 136 valence electrons. The van der Waals surface area contributed by atoms with E-state index >= 15 is 0 Å². The molecule has 24 heavy (non-hydrogen) atoms. The maximum atomic E-state index is 12.9. The van der Waals surface area contributed by atoms with E-state index in [0.717, 1.165) is 0 Å². The Hall–Kier alpha value is -1.06. The molecule has 1 heterocycles. The van der Waals surface area contributed by atoms with Crippen LogP contribution in [-0.2, 0) is 10.0 Å². The van der Waals surface area contributed by atoms with Gasteiger partial charge in [-0.25, -0.2) is 8.42 Å². The van der Waals surface area contributed by atoms with Gasteiger partial charge in [0.25, 0.3) is 5.91 Å². The van der Waals surface area contributed by atoms with E-state index in [0.29, 0.717) is 13.0 Å². The van der Waals surface area contributed by atoms with Crippen LogP contribution in [0.25, 0.3) is 0 Å². The highest BCUT2D eigenvalue weighted by molar-refractivity contribution is 7.89. The monoisotopic (exact) mass is 397 g/mol. The quantitative estimate of drug-likeness (QED) is 0.823. The molecule has 0 radical (unpaired) electrons. The highest BCUT2D eigenvalue weighted by Gasteiger charge is 2.35. The fourth-order valence-corrected chi connectivity index (χ4v) is 4.48. The van der Waals surface area contributed by atoms with Gasteiger partial charge in [0, 0.05) is 38.2 Å². The Morgan fingerprint density at radius 1 is 1.42 bits per heavy atom. The van der Waals surface area contributed by atoms with Crippen LogP contribution in [0.1, 0.15) is 16.8 Å². The van der Waals surface area contributed by atoms with Crippen LogP contribution in [0.15, 0.2) is 17.0 Å². The number of ether oxygens (including phenoxy) is 1. The third-order valence-electron chi connectivity index (χ3n) is 3.67.